The molecule has 0 saturated carbocycles. The first kappa shape index (κ1) is 27.7. The molecule has 0 bridgehead atoms. The van der Waals surface area contributed by atoms with Crippen LogP contribution in [0.25, 0.3) is 11.1 Å². The first-order valence-corrected chi connectivity index (χ1v) is 11.3. The van der Waals surface area contributed by atoms with Crippen LogP contribution in [0, 0.1) is 0 Å². The standard InChI is InChI=1S/C24H31F3N4.2ClH/c25-24(26,27)22-8-5-20(6-9-22)21-7-10-23(28-19-21)31-17-15-30(16-18-31)14-4-13-29-11-2-1-3-12-29;;/h5-10,19H,1-4,11-18H2;2*1H. The lowest BCUT2D eigenvalue weighted by Crippen LogP contribution is -2.47. The van der Waals surface area contributed by atoms with Crippen molar-refractivity contribution in [2.45, 2.75) is 31.9 Å². The van der Waals surface area contributed by atoms with Gasteiger partial charge in [0.2, 0.25) is 0 Å². The Morgan fingerprint density at radius 1 is 0.697 bits per heavy atom. The molecule has 2 fully saturated rings. The number of rotatable bonds is 6. The summed E-state index contributed by atoms with van der Waals surface area (Å²) >= 11 is 0. The Labute approximate surface area is 207 Å². The van der Waals surface area contributed by atoms with Crippen molar-refractivity contribution in [2.75, 3.05) is 57.3 Å². The van der Waals surface area contributed by atoms with E-state index in [1.54, 1.807) is 6.20 Å². The van der Waals surface area contributed by atoms with Crippen LogP contribution >= 0.6 is 24.8 Å². The second kappa shape index (κ2) is 12.8. The summed E-state index contributed by atoms with van der Waals surface area (Å²) in [6, 6.07) is 9.15. The fourth-order valence-electron chi connectivity index (χ4n) is 4.50. The zero-order chi connectivity index (χ0) is 21.7. The molecule has 2 aromatic rings. The maximum atomic E-state index is 12.7. The number of hydrogen-bond acceptors (Lipinski definition) is 4. The van der Waals surface area contributed by atoms with Gasteiger partial charge in [-0.2, -0.15) is 13.2 Å². The summed E-state index contributed by atoms with van der Waals surface area (Å²) in [4.78, 5) is 12.0. The summed E-state index contributed by atoms with van der Waals surface area (Å²) < 4.78 is 38.2. The number of piperidine rings is 1. The zero-order valence-electron chi connectivity index (χ0n) is 18.8. The van der Waals surface area contributed by atoms with Gasteiger partial charge in [0.1, 0.15) is 5.82 Å². The quantitative estimate of drug-likeness (QED) is 0.509. The van der Waals surface area contributed by atoms with Crippen LogP contribution in [0.15, 0.2) is 42.6 Å². The molecule has 0 N–H and O–H groups in total. The van der Waals surface area contributed by atoms with Crippen LogP contribution in [0.5, 0.6) is 0 Å². The number of hydrogen-bond donors (Lipinski definition) is 0. The topological polar surface area (TPSA) is 22.6 Å². The Morgan fingerprint density at radius 3 is 1.82 bits per heavy atom. The van der Waals surface area contributed by atoms with Gasteiger partial charge < -0.3 is 9.80 Å². The Balaban J connectivity index is 0.00000193. The van der Waals surface area contributed by atoms with Gasteiger partial charge in [-0.15, -0.1) is 24.8 Å². The fraction of sp³-hybridized carbons (Fsp3) is 0.542. The van der Waals surface area contributed by atoms with Crippen LogP contribution in [-0.2, 0) is 6.18 Å². The van der Waals surface area contributed by atoms with Crippen LogP contribution in [-0.4, -0.2) is 67.1 Å². The normalized spacial score (nSPS) is 17.8. The van der Waals surface area contributed by atoms with E-state index in [9.17, 15) is 13.2 Å². The van der Waals surface area contributed by atoms with E-state index in [1.165, 1.54) is 57.5 Å². The number of benzene rings is 1. The van der Waals surface area contributed by atoms with E-state index in [2.05, 4.69) is 19.7 Å². The van der Waals surface area contributed by atoms with Crippen molar-refractivity contribution in [1.29, 1.82) is 0 Å². The van der Waals surface area contributed by atoms with Gasteiger partial charge in [-0.05, 0) is 75.3 Å². The van der Waals surface area contributed by atoms with Crippen molar-refractivity contribution >= 4 is 30.6 Å². The van der Waals surface area contributed by atoms with Gasteiger partial charge in [-0.3, -0.25) is 4.90 Å². The van der Waals surface area contributed by atoms with E-state index < -0.39 is 11.7 Å². The van der Waals surface area contributed by atoms with Crippen LogP contribution in [0.4, 0.5) is 19.0 Å². The monoisotopic (exact) mass is 504 g/mol. The molecule has 184 valence electrons. The van der Waals surface area contributed by atoms with E-state index in [-0.39, 0.29) is 24.8 Å². The molecule has 33 heavy (non-hydrogen) atoms. The van der Waals surface area contributed by atoms with Gasteiger partial charge in [-0.1, -0.05) is 18.6 Å². The number of alkyl halides is 3. The Bertz CT molecular complexity index is 817. The molecule has 2 aliphatic heterocycles. The highest BCUT2D eigenvalue weighted by Crippen LogP contribution is 2.31. The smallest absolute Gasteiger partial charge is 0.354 e. The molecule has 0 spiro atoms. The molecular formula is C24H33Cl2F3N4. The van der Waals surface area contributed by atoms with Crippen molar-refractivity contribution in [3.05, 3.63) is 48.2 Å². The predicted molar refractivity (Wildman–Crippen MR) is 133 cm³/mol. The second-order valence-corrected chi connectivity index (χ2v) is 8.56. The minimum atomic E-state index is -4.31. The summed E-state index contributed by atoms with van der Waals surface area (Å²) in [6.45, 7) is 8.90. The lowest BCUT2D eigenvalue weighted by atomic mass is 10.1. The SMILES string of the molecule is Cl.Cl.FC(F)(F)c1ccc(-c2ccc(N3CCN(CCCN4CCCCC4)CC3)nc2)cc1. The third kappa shape index (κ3) is 7.74. The highest BCUT2D eigenvalue weighted by molar-refractivity contribution is 5.85. The number of pyridine rings is 1. The molecule has 0 amide bonds. The number of halogens is 5. The van der Waals surface area contributed by atoms with Crippen molar-refractivity contribution in [2.24, 2.45) is 0 Å². The van der Waals surface area contributed by atoms with Crippen molar-refractivity contribution in [1.82, 2.24) is 14.8 Å². The minimum absolute atomic E-state index is 0. The molecule has 3 heterocycles. The number of nitrogens with zero attached hydrogens (tertiary/aromatic N) is 4. The van der Waals surface area contributed by atoms with Crippen molar-refractivity contribution in [3.63, 3.8) is 0 Å². The van der Waals surface area contributed by atoms with Gasteiger partial charge in [0, 0.05) is 37.9 Å². The Kier molecular flexibility index (Phi) is 10.7. The summed E-state index contributed by atoms with van der Waals surface area (Å²) in [5, 5.41) is 0. The molecule has 1 aromatic heterocycles. The molecule has 0 unspecified atom stereocenters. The van der Waals surface area contributed by atoms with Gasteiger partial charge >= 0.3 is 6.18 Å². The third-order valence-corrected chi connectivity index (χ3v) is 6.39. The van der Waals surface area contributed by atoms with E-state index in [1.807, 2.05) is 12.1 Å². The van der Waals surface area contributed by atoms with Gasteiger partial charge in [-0.25, -0.2) is 4.98 Å². The molecule has 4 rings (SSSR count). The molecule has 4 nitrogen and oxygen atoms in total. The molecule has 2 aliphatic rings. The lowest BCUT2D eigenvalue weighted by molar-refractivity contribution is -0.137. The van der Waals surface area contributed by atoms with Gasteiger partial charge in [0.25, 0.3) is 0 Å². The second-order valence-electron chi connectivity index (χ2n) is 8.56. The largest absolute Gasteiger partial charge is 0.416 e. The lowest BCUT2D eigenvalue weighted by Gasteiger charge is -2.36. The fourth-order valence-corrected chi connectivity index (χ4v) is 4.50. The highest BCUT2D eigenvalue weighted by atomic mass is 35.5. The predicted octanol–water partition coefficient (Wildman–Crippen LogP) is 5.61. The van der Waals surface area contributed by atoms with E-state index in [4.69, 9.17) is 0 Å². The molecule has 0 radical (unpaired) electrons. The summed E-state index contributed by atoms with van der Waals surface area (Å²) in [5.74, 6) is 0.934. The van der Waals surface area contributed by atoms with E-state index in [0.29, 0.717) is 0 Å². The molecule has 0 atom stereocenters. The summed E-state index contributed by atoms with van der Waals surface area (Å²) in [5.41, 5.74) is 0.939. The maximum Gasteiger partial charge on any atom is 0.416 e. The van der Waals surface area contributed by atoms with Gasteiger partial charge in [0.15, 0.2) is 0 Å². The van der Waals surface area contributed by atoms with Gasteiger partial charge in [0.05, 0.1) is 5.56 Å². The first-order valence-electron chi connectivity index (χ1n) is 11.3. The number of likely N-dealkylation sites (tertiary alicyclic amines) is 1. The molecule has 1 aromatic carbocycles. The van der Waals surface area contributed by atoms with E-state index in [0.717, 1.165) is 61.8 Å². The first-order chi connectivity index (χ1) is 15.0. The molecular weight excluding hydrogens is 472 g/mol. The van der Waals surface area contributed by atoms with Crippen LogP contribution in [0.3, 0.4) is 0 Å². The van der Waals surface area contributed by atoms with Crippen molar-refractivity contribution < 1.29 is 13.2 Å². The van der Waals surface area contributed by atoms with Crippen LogP contribution in [0.2, 0.25) is 0 Å². The van der Waals surface area contributed by atoms with Crippen LogP contribution < -0.4 is 4.90 Å². The number of piperazine rings is 1. The van der Waals surface area contributed by atoms with E-state index >= 15 is 0 Å². The maximum absolute atomic E-state index is 12.7. The van der Waals surface area contributed by atoms with Crippen LogP contribution in [0.1, 0.15) is 31.2 Å². The number of anilines is 1. The average Bonchev–Trinajstić information content (AvgIpc) is 2.80. The minimum Gasteiger partial charge on any atom is -0.354 e. The highest BCUT2D eigenvalue weighted by Gasteiger charge is 2.30. The Morgan fingerprint density at radius 2 is 1.27 bits per heavy atom. The summed E-state index contributed by atoms with van der Waals surface area (Å²) in [6.07, 6.45) is 2.77. The molecule has 9 heteroatoms. The average molecular weight is 505 g/mol. The molecule has 0 aliphatic carbocycles. The molecule has 2 saturated heterocycles. The third-order valence-electron chi connectivity index (χ3n) is 6.39. The summed E-state index contributed by atoms with van der Waals surface area (Å²) in [7, 11) is 0. The zero-order valence-corrected chi connectivity index (χ0v) is 20.4. The van der Waals surface area contributed by atoms with Crippen molar-refractivity contribution in [3.8, 4) is 11.1 Å². The number of aromatic nitrogens is 1. The Hall–Kier alpha value is -1.54.